The van der Waals surface area contributed by atoms with Crippen LogP contribution in [0.1, 0.15) is 5.56 Å². The van der Waals surface area contributed by atoms with Crippen molar-refractivity contribution >= 4 is 54.3 Å². The maximum atomic E-state index is 14.9. The largest absolute Gasteiger partial charge is 0.455 e. The average molecular weight is 589 g/mol. The molecule has 9 aromatic rings. The quantitative estimate of drug-likeness (QED) is 0.187. The second-order valence-corrected chi connectivity index (χ2v) is 11.6. The van der Waals surface area contributed by atoms with E-state index in [4.69, 9.17) is 4.42 Å². The molecule has 0 aliphatic rings. The zero-order valence-electron chi connectivity index (χ0n) is 23.8. The maximum absolute atomic E-state index is 14.9. The van der Waals surface area contributed by atoms with E-state index in [2.05, 4.69) is 36.4 Å². The van der Waals surface area contributed by atoms with Gasteiger partial charge in [-0.1, -0.05) is 127 Å². The van der Waals surface area contributed by atoms with Gasteiger partial charge in [0.05, 0.1) is 5.56 Å². The molecule has 214 valence electrons. The summed E-state index contributed by atoms with van der Waals surface area (Å²) in [5, 5.41) is 7.80. The zero-order chi connectivity index (χ0) is 30.3. The number of fused-ring (bicyclic) bond motifs is 3. The molecule has 8 aromatic carbocycles. The number of benzene rings is 8. The first-order valence-electron chi connectivity index (χ1n) is 14.8. The zero-order valence-corrected chi connectivity index (χ0v) is 23.8. The highest BCUT2D eigenvalue weighted by Gasteiger charge is 2.35. The molecule has 0 radical (unpaired) electrons. The van der Waals surface area contributed by atoms with E-state index in [0.717, 1.165) is 54.2 Å². The number of para-hydroxylation sites is 2. The Morgan fingerprint density at radius 1 is 0.422 bits per heavy atom. The smallest absolute Gasteiger partial charge is 0.417 e. The highest BCUT2D eigenvalue weighted by Crippen LogP contribution is 2.46. The first-order valence-corrected chi connectivity index (χ1v) is 14.8. The molecule has 1 heterocycles. The van der Waals surface area contributed by atoms with Crippen LogP contribution in [0.4, 0.5) is 13.2 Å². The minimum Gasteiger partial charge on any atom is -0.455 e. The minimum atomic E-state index is -4.57. The summed E-state index contributed by atoms with van der Waals surface area (Å²) in [7, 11) is 0. The van der Waals surface area contributed by atoms with E-state index < -0.39 is 11.7 Å². The summed E-state index contributed by atoms with van der Waals surface area (Å²) < 4.78 is 50.9. The van der Waals surface area contributed by atoms with Crippen LogP contribution >= 0.6 is 0 Å². The number of alkyl halides is 3. The van der Waals surface area contributed by atoms with Crippen molar-refractivity contribution < 1.29 is 17.6 Å². The second-order valence-electron chi connectivity index (χ2n) is 11.6. The molecule has 0 aliphatic heterocycles. The van der Waals surface area contributed by atoms with Crippen molar-refractivity contribution in [2.45, 2.75) is 6.18 Å². The summed E-state index contributed by atoms with van der Waals surface area (Å²) in [6.07, 6.45) is -4.57. The summed E-state index contributed by atoms with van der Waals surface area (Å²) in [4.78, 5) is 0. The van der Waals surface area contributed by atoms with Crippen LogP contribution in [0.3, 0.4) is 0 Å². The fourth-order valence-electron chi connectivity index (χ4n) is 7.06. The van der Waals surface area contributed by atoms with E-state index in [1.54, 1.807) is 12.1 Å². The lowest BCUT2D eigenvalue weighted by Gasteiger charge is -2.19. The van der Waals surface area contributed by atoms with Gasteiger partial charge in [-0.2, -0.15) is 13.2 Å². The Kier molecular flexibility index (Phi) is 5.42. The SMILES string of the molecule is FC(F)(F)c1cc(-c2cccc3c2oc2ccccc23)ccc1-c1ccc2ccc3c(-c4ccccc4)ccc4ccc1c2c43. The second kappa shape index (κ2) is 9.44. The van der Waals surface area contributed by atoms with E-state index in [0.29, 0.717) is 27.9 Å². The molecular weight excluding hydrogens is 565 g/mol. The normalized spacial score (nSPS) is 12.3. The summed E-state index contributed by atoms with van der Waals surface area (Å²) in [5.74, 6) is 0. The predicted octanol–water partition coefficient (Wildman–Crippen LogP) is 12.5. The Labute approximate surface area is 256 Å². The molecule has 0 saturated heterocycles. The Balaban J connectivity index is 1.28. The molecule has 0 spiro atoms. The maximum Gasteiger partial charge on any atom is 0.417 e. The standard InChI is InChI=1S/C41H23F3O/c42-41(43,44)36-23-27(29-10-6-11-35-32-9-4-5-12-37(32)45-40(29)35)17-20-31(36)30-19-14-26-15-21-33-28(24-7-2-1-3-8-24)18-13-25-16-22-34(30)39(26)38(25)33/h1-23H. The lowest BCUT2D eigenvalue weighted by molar-refractivity contribution is -0.137. The van der Waals surface area contributed by atoms with Crippen molar-refractivity contribution in [3.63, 3.8) is 0 Å². The average Bonchev–Trinajstić information content (AvgIpc) is 3.46. The monoisotopic (exact) mass is 588 g/mol. The minimum absolute atomic E-state index is 0.157. The van der Waals surface area contributed by atoms with Crippen LogP contribution in [0.15, 0.2) is 144 Å². The van der Waals surface area contributed by atoms with Gasteiger partial charge < -0.3 is 4.42 Å². The van der Waals surface area contributed by atoms with Gasteiger partial charge in [-0.15, -0.1) is 0 Å². The fraction of sp³-hybridized carbons (Fsp3) is 0.0244. The third-order valence-corrected chi connectivity index (χ3v) is 9.08. The van der Waals surface area contributed by atoms with Crippen LogP contribution in [0.2, 0.25) is 0 Å². The highest BCUT2D eigenvalue weighted by molar-refractivity contribution is 6.27. The van der Waals surface area contributed by atoms with Crippen LogP contribution in [-0.4, -0.2) is 0 Å². The van der Waals surface area contributed by atoms with Gasteiger partial charge in [0.15, 0.2) is 0 Å². The molecule has 4 heteroatoms. The van der Waals surface area contributed by atoms with E-state index in [9.17, 15) is 13.2 Å². The molecule has 45 heavy (non-hydrogen) atoms. The lowest BCUT2D eigenvalue weighted by atomic mass is 9.86. The lowest BCUT2D eigenvalue weighted by Crippen LogP contribution is -2.08. The number of halogens is 3. The molecule has 0 bridgehead atoms. The summed E-state index contributed by atoms with van der Waals surface area (Å²) in [6.45, 7) is 0. The fourth-order valence-corrected chi connectivity index (χ4v) is 7.06. The van der Waals surface area contributed by atoms with Crippen molar-refractivity contribution in [2.24, 2.45) is 0 Å². The molecular formula is C41H23F3O. The molecule has 1 aromatic heterocycles. The van der Waals surface area contributed by atoms with Crippen LogP contribution in [-0.2, 0) is 6.18 Å². The van der Waals surface area contributed by atoms with Gasteiger partial charge in [-0.25, -0.2) is 0 Å². The number of rotatable bonds is 3. The van der Waals surface area contributed by atoms with Crippen molar-refractivity contribution in [1.82, 2.24) is 0 Å². The van der Waals surface area contributed by atoms with E-state index in [-0.39, 0.29) is 5.56 Å². The van der Waals surface area contributed by atoms with Gasteiger partial charge in [0.25, 0.3) is 0 Å². The topological polar surface area (TPSA) is 13.1 Å². The summed E-state index contributed by atoms with van der Waals surface area (Å²) in [5.41, 5.74) is 4.62. The highest BCUT2D eigenvalue weighted by atomic mass is 19.4. The Morgan fingerprint density at radius 3 is 1.80 bits per heavy atom. The van der Waals surface area contributed by atoms with Crippen LogP contribution in [0.25, 0.3) is 87.6 Å². The summed E-state index contributed by atoms with van der Waals surface area (Å²) >= 11 is 0. The number of furan rings is 1. The van der Waals surface area contributed by atoms with Gasteiger partial charge >= 0.3 is 6.18 Å². The van der Waals surface area contributed by atoms with Crippen molar-refractivity contribution in [2.75, 3.05) is 0 Å². The van der Waals surface area contributed by atoms with Gasteiger partial charge in [-0.05, 0) is 72.3 Å². The first kappa shape index (κ1) is 25.8. The molecule has 0 atom stereocenters. The molecule has 0 amide bonds. The number of hydrogen-bond acceptors (Lipinski definition) is 1. The first-order chi connectivity index (χ1) is 22.0. The molecule has 0 aliphatic carbocycles. The van der Waals surface area contributed by atoms with Crippen molar-refractivity contribution in [3.05, 3.63) is 145 Å². The molecule has 1 nitrogen and oxygen atoms in total. The van der Waals surface area contributed by atoms with Gasteiger partial charge in [0.1, 0.15) is 11.2 Å². The third kappa shape index (κ3) is 3.89. The van der Waals surface area contributed by atoms with Crippen LogP contribution < -0.4 is 0 Å². The third-order valence-electron chi connectivity index (χ3n) is 9.08. The van der Waals surface area contributed by atoms with E-state index in [1.165, 1.54) is 6.07 Å². The Morgan fingerprint density at radius 2 is 1.04 bits per heavy atom. The molecule has 0 N–H and O–H groups in total. The van der Waals surface area contributed by atoms with Gasteiger partial charge in [0, 0.05) is 16.3 Å². The van der Waals surface area contributed by atoms with Crippen molar-refractivity contribution in [3.8, 4) is 33.4 Å². The molecule has 9 rings (SSSR count). The number of hydrogen-bond donors (Lipinski definition) is 0. The molecule has 0 unspecified atom stereocenters. The van der Waals surface area contributed by atoms with E-state index >= 15 is 0 Å². The van der Waals surface area contributed by atoms with Crippen molar-refractivity contribution in [1.29, 1.82) is 0 Å². The Bertz CT molecular complexity index is 2570. The van der Waals surface area contributed by atoms with Gasteiger partial charge in [-0.3, -0.25) is 0 Å². The molecule has 0 fully saturated rings. The van der Waals surface area contributed by atoms with E-state index in [1.807, 2.05) is 84.9 Å². The molecule has 0 saturated carbocycles. The predicted molar refractivity (Wildman–Crippen MR) is 179 cm³/mol. The Hall–Kier alpha value is -5.61. The van der Waals surface area contributed by atoms with Gasteiger partial charge in [0.2, 0.25) is 0 Å². The van der Waals surface area contributed by atoms with Crippen LogP contribution in [0.5, 0.6) is 0 Å². The van der Waals surface area contributed by atoms with Crippen LogP contribution in [0, 0.1) is 0 Å². The summed E-state index contributed by atoms with van der Waals surface area (Å²) in [6, 6.07) is 44.3.